The third kappa shape index (κ3) is 2.56. The standard InChI is InChI=1S/C14H18N2S/c1-10-8-17-9-13(10)14(15-3)11(2)12-4-6-16-7-5-12/h4-9,11,14-15H,1-3H3. The summed E-state index contributed by atoms with van der Waals surface area (Å²) in [7, 11) is 2.03. The molecule has 2 heterocycles. The van der Waals surface area contributed by atoms with Crippen LogP contribution >= 0.6 is 11.3 Å². The fourth-order valence-corrected chi connectivity index (χ4v) is 3.11. The summed E-state index contributed by atoms with van der Waals surface area (Å²) in [4.78, 5) is 4.07. The van der Waals surface area contributed by atoms with Crippen LogP contribution in [0.25, 0.3) is 0 Å². The van der Waals surface area contributed by atoms with Crippen molar-refractivity contribution in [3.8, 4) is 0 Å². The van der Waals surface area contributed by atoms with Crippen LogP contribution in [0.3, 0.4) is 0 Å². The van der Waals surface area contributed by atoms with E-state index in [1.807, 2.05) is 19.4 Å². The number of thiophene rings is 1. The van der Waals surface area contributed by atoms with Gasteiger partial charge in [-0.25, -0.2) is 0 Å². The van der Waals surface area contributed by atoms with E-state index in [9.17, 15) is 0 Å². The number of aryl methyl sites for hydroxylation is 1. The monoisotopic (exact) mass is 246 g/mol. The first-order valence-corrected chi connectivity index (χ1v) is 6.78. The van der Waals surface area contributed by atoms with Gasteiger partial charge in [0.2, 0.25) is 0 Å². The lowest BCUT2D eigenvalue weighted by Crippen LogP contribution is -2.22. The molecule has 1 N–H and O–H groups in total. The van der Waals surface area contributed by atoms with E-state index in [0.717, 1.165) is 0 Å². The van der Waals surface area contributed by atoms with Gasteiger partial charge in [-0.3, -0.25) is 4.98 Å². The Hall–Kier alpha value is -1.19. The fourth-order valence-electron chi connectivity index (χ4n) is 2.22. The first-order chi connectivity index (χ1) is 8.24. The predicted octanol–water partition coefficient (Wildman–Crippen LogP) is 3.52. The molecule has 90 valence electrons. The molecule has 0 saturated heterocycles. The molecule has 3 heteroatoms. The van der Waals surface area contributed by atoms with E-state index in [-0.39, 0.29) is 0 Å². The molecule has 0 aromatic carbocycles. The molecule has 2 aromatic heterocycles. The van der Waals surface area contributed by atoms with Crippen molar-refractivity contribution in [3.05, 3.63) is 52.0 Å². The van der Waals surface area contributed by atoms with E-state index in [4.69, 9.17) is 0 Å². The minimum atomic E-state index is 0.364. The average Bonchev–Trinajstić information content (AvgIpc) is 2.78. The van der Waals surface area contributed by atoms with Gasteiger partial charge >= 0.3 is 0 Å². The molecule has 2 nitrogen and oxygen atoms in total. The maximum absolute atomic E-state index is 4.07. The third-order valence-corrected chi connectivity index (χ3v) is 4.15. The van der Waals surface area contributed by atoms with Gasteiger partial charge in [0, 0.05) is 24.4 Å². The normalized spacial score (nSPS) is 14.5. The number of aromatic nitrogens is 1. The van der Waals surface area contributed by atoms with Crippen molar-refractivity contribution >= 4 is 11.3 Å². The highest BCUT2D eigenvalue weighted by Crippen LogP contribution is 2.33. The number of hydrogen-bond acceptors (Lipinski definition) is 3. The van der Waals surface area contributed by atoms with E-state index in [1.54, 1.807) is 11.3 Å². The molecule has 0 radical (unpaired) electrons. The lowest BCUT2D eigenvalue weighted by atomic mass is 9.89. The van der Waals surface area contributed by atoms with Crippen LogP contribution < -0.4 is 5.32 Å². The van der Waals surface area contributed by atoms with Gasteiger partial charge in [0.1, 0.15) is 0 Å². The number of likely N-dealkylation sites (N-methyl/N-ethyl adjacent to an activating group) is 1. The van der Waals surface area contributed by atoms with Crippen LogP contribution in [0.15, 0.2) is 35.3 Å². The highest BCUT2D eigenvalue weighted by molar-refractivity contribution is 7.08. The second-order valence-electron chi connectivity index (χ2n) is 4.35. The minimum absolute atomic E-state index is 0.364. The molecule has 2 aromatic rings. The number of hydrogen-bond donors (Lipinski definition) is 1. The molecule has 0 aliphatic heterocycles. The maximum Gasteiger partial charge on any atom is 0.0395 e. The van der Waals surface area contributed by atoms with Crippen molar-refractivity contribution in [2.24, 2.45) is 0 Å². The van der Waals surface area contributed by atoms with Crippen LogP contribution in [0.5, 0.6) is 0 Å². The first kappa shape index (κ1) is 12.3. The molecule has 0 bridgehead atoms. The maximum atomic E-state index is 4.07. The van der Waals surface area contributed by atoms with Crippen LogP contribution in [0.4, 0.5) is 0 Å². The fraction of sp³-hybridized carbons (Fsp3) is 0.357. The Morgan fingerprint density at radius 3 is 2.47 bits per heavy atom. The molecule has 0 saturated carbocycles. The Labute approximate surface area is 107 Å². The summed E-state index contributed by atoms with van der Waals surface area (Å²) in [5.74, 6) is 0.441. The topological polar surface area (TPSA) is 24.9 Å². The zero-order chi connectivity index (χ0) is 12.3. The Morgan fingerprint density at radius 1 is 1.24 bits per heavy atom. The van der Waals surface area contributed by atoms with E-state index < -0.39 is 0 Å². The van der Waals surface area contributed by atoms with E-state index >= 15 is 0 Å². The molecular formula is C14H18N2S. The van der Waals surface area contributed by atoms with Crippen LogP contribution in [0, 0.1) is 6.92 Å². The lowest BCUT2D eigenvalue weighted by molar-refractivity contribution is 0.507. The molecule has 17 heavy (non-hydrogen) atoms. The Bertz CT molecular complexity index is 464. The van der Waals surface area contributed by atoms with Crippen molar-refractivity contribution in [1.29, 1.82) is 0 Å². The van der Waals surface area contributed by atoms with Gasteiger partial charge in [-0.1, -0.05) is 6.92 Å². The van der Waals surface area contributed by atoms with Gasteiger partial charge in [-0.15, -0.1) is 0 Å². The van der Waals surface area contributed by atoms with Gasteiger partial charge in [-0.2, -0.15) is 11.3 Å². The highest BCUT2D eigenvalue weighted by atomic mass is 32.1. The van der Waals surface area contributed by atoms with Gasteiger partial charge in [0.05, 0.1) is 0 Å². The second kappa shape index (κ2) is 5.43. The minimum Gasteiger partial charge on any atom is -0.312 e. The SMILES string of the molecule is CNC(c1cscc1C)C(C)c1ccncc1. The quantitative estimate of drug-likeness (QED) is 0.893. The zero-order valence-electron chi connectivity index (χ0n) is 10.5. The summed E-state index contributed by atoms with van der Waals surface area (Å²) >= 11 is 1.77. The number of pyridine rings is 1. The molecule has 0 fully saturated rings. The van der Waals surface area contributed by atoms with E-state index in [2.05, 4.69) is 47.0 Å². The smallest absolute Gasteiger partial charge is 0.0395 e. The van der Waals surface area contributed by atoms with Crippen molar-refractivity contribution in [2.75, 3.05) is 7.05 Å². The first-order valence-electron chi connectivity index (χ1n) is 5.84. The van der Waals surface area contributed by atoms with E-state index in [1.165, 1.54) is 16.7 Å². The largest absolute Gasteiger partial charge is 0.312 e. The summed E-state index contributed by atoms with van der Waals surface area (Å²) in [5, 5.41) is 7.88. The summed E-state index contributed by atoms with van der Waals surface area (Å²) < 4.78 is 0. The molecule has 2 atom stereocenters. The van der Waals surface area contributed by atoms with Crippen LogP contribution in [-0.4, -0.2) is 12.0 Å². The van der Waals surface area contributed by atoms with Gasteiger partial charge in [-0.05, 0) is 53.6 Å². The van der Waals surface area contributed by atoms with Crippen molar-refractivity contribution in [3.63, 3.8) is 0 Å². The average molecular weight is 246 g/mol. The van der Waals surface area contributed by atoms with Crippen molar-refractivity contribution in [1.82, 2.24) is 10.3 Å². The summed E-state index contributed by atoms with van der Waals surface area (Å²) in [5.41, 5.74) is 4.10. The Balaban J connectivity index is 2.28. The number of nitrogens with zero attached hydrogens (tertiary/aromatic N) is 1. The summed E-state index contributed by atoms with van der Waals surface area (Å²) in [6.07, 6.45) is 3.72. The number of rotatable bonds is 4. The zero-order valence-corrected chi connectivity index (χ0v) is 11.3. The second-order valence-corrected chi connectivity index (χ2v) is 5.09. The molecule has 0 amide bonds. The van der Waals surface area contributed by atoms with Crippen molar-refractivity contribution in [2.45, 2.75) is 25.8 Å². The van der Waals surface area contributed by atoms with E-state index in [0.29, 0.717) is 12.0 Å². The summed E-state index contributed by atoms with van der Waals surface area (Å²) in [6, 6.07) is 4.55. The molecular weight excluding hydrogens is 228 g/mol. The molecule has 0 aliphatic rings. The van der Waals surface area contributed by atoms with Crippen LogP contribution in [-0.2, 0) is 0 Å². The molecule has 2 rings (SSSR count). The van der Waals surface area contributed by atoms with Crippen molar-refractivity contribution < 1.29 is 0 Å². The Morgan fingerprint density at radius 2 is 1.94 bits per heavy atom. The number of nitrogens with one attached hydrogen (secondary N) is 1. The third-order valence-electron chi connectivity index (χ3n) is 3.27. The molecule has 2 unspecified atom stereocenters. The predicted molar refractivity (Wildman–Crippen MR) is 73.5 cm³/mol. The molecule has 0 spiro atoms. The Kier molecular flexibility index (Phi) is 3.92. The molecule has 0 aliphatic carbocycles. The van der Waals surface area contributed by atoms with Crippen LogP contribution in [0.2, 0.25) is 0 Å². The lowest BCUT2D eigenvalue weighted by Gasteiger charge is -2.24. The van der Waals surface area contributed by atoms with Gasteiger partial charge in [0.15, 0.2) is 0 Å². The van der Waals surface area contributed by atoms with Gasteiger partial charge < -0.3 is 5.32 Å². The van der Waals surface area contributed by atoms with Crippen LogP contribution in [0.1, 0.15) is 35.6 Å². The highest BCUT2D eigenvalue weighted by Gasteiger charge is 2.21. The van der Waals surface area contributed by atoms with Gasteiger partial charge in [0.25, 0.3) is 0 Å². The summed E-state index contributed by atoms with van der Waals surface area (Å²) in [6.45, 7) is 4.43.